The van der Waals surface area contributed by atoms with Crippen molar-refractivity contribution in [2.24, 2.45) is 0 Å². The fourth-order valence-electron chi connectivity index (χ4n) is 1.52. The van der Waals surface area contributed by atoms with Gasteiger partial charge < -0.3 is 14.2 Å². The standard InChI is InChI=1S/C10H11BrO3/c1-6-5-7(11)9-10(8(6)12-2)14-4-3-13-9/h5H,3-4H2,1-2H3. The molecular formula is C10H11BrO3. The molecule has 0 aliphatic carbocycles. The highest BCUT2D eigenvalue weighted by molar-refractivity contribution is 9.10. The van der Waals surface area contributed by atoms with E-state index < -0.39 is 0 Å². The van der Waals surface area contributed by atoms with Crippen molar-refractivity contribution >= 4 is 15.9 Å². The first-order valence-corrected chi connectivity index (χ1v) is 5.16. The van der Waals surface area contributed by atoms with Crippen LogP contribution in [-0.4, -0.2) is 20.3 Å². The van der Waals surface area contributed by atoms with Crippen LogP contribution in [0.1, 0.15) is 5.56 Å². The van der Waals surface area contributed by atoms with Crippen molar-refractivity contribution in [1.29, 1.82) is 0 Å². The Morgan fingerprint density at radius 1 is 1.29 bits per heavy atom. The van der Waals surface area contributed by atoms with E-state index in [0.717, 1.165) is 21.5 Å². The van der Waals surface area contributed by atoms with Gasteiger partial charge in [0.05, 0.1) is 11.6 Å². The number of ether oxygens (including phenoxy) is 3. The van der Waals surface area contributed by atoms with Crippen LogP contribution in [0.5, 0.6) is 17.2 Å². The minimum Gasteiger partial charge on any atom is -0.492 e. The number of rotatable bonds is 1. The minimum absolute atomic E-state index is 0.569. The van der Waals surface area contributed by atoms with Crippen LogP contribution < -0.4 is 14.2 Å². The fraction of sp³-hybridized carbons (Fsp3) is 0.400. The first kappa shape index (κ1) is 9.65. The van der Waals surface area contributed by atoms with E-state index in [4.69, 9.17) is 14.2 Å². The zero-order chi connectivity index (χ0) is 10.1. The van der Waals surface area contributed by atoms with E-state index in [1.54, 1.807) is 7.11 Å². The van der Waals surface area contributed by atoms with Crippen LogP contribution in [0, 0.1) is 6.92 Å². The smallest absolute Gasteiger partial charge is 0.205 e. The van der Waals surface area contributed by atoms with Gasteiger partial charge in [-0.1, -0.05) is 0 Å². The zero-order valence-corrected chi connectivity index (χ0v) is 9.68. The molecular weight excluding hydrogens is 248 g/mol. The van der Waals surface area contributed by atoms with E-state index in [1.165, 1.54) is 0 Å². The van der Waals surface area contributed by atoms with E-state index in [2.05, 4.69) is 15.9 Å². The monoisotopic (exact) mass is 258 g/mol. The molecule has 76 valence electrons. The summed E-state index contributed by atoms with van der Waals surface area (Å²) >= 11 is 3.44. The van der Waals surface area contributed by atoms with Crippen molar-refractivity contribution in [3.63, 3.8) is 0 Å². The average molecular weight is 259 g/mol. The lowest BCUT2D eigenvalue weighted by Crippen LogP contribution is -2.16. The van der Waals surface area contributed by atoms with Crippen LogP contribution in [0.25, 0.3) is 0 Å². The maximum atomic E-state index is 5.53. The second-order valence-electron chi connectivity index (χ2n) is 3.06. The topological polar surface area (TPSA) is 27.7 Å². The van der Waals surface area contributed by atoms with Crippen LogP contribution in [0.15, 0.2) is 10.5 Å². The number of benzene rings is 1. The number of hydrogen-bond acceptors (Lipinski definition) is 3. The molecule has 0 bridgehead atoms. The molecule has 0 fully saturated rings. The molecule has 0 N–H and O–H groups in total. The highest BCUT2D eigenvalue weighted by Gasteiger charge is 2.21. The first-order chi connectivity index (χ1) is 6.74. The molecule has 1 aromatic rings. The summed E-state index contributed by atoms with van der Waals surface area (Å²) in [6.07, 6.45) is 0. The molecule has 0 saturated heterocycles. The van der Waals surface area contributed by atoms with Gasteiger partial charge in [0.1, 0.15) is 13.2 Å². The highest BCUT2D eigenvalue weighted by atomic mass is 79.9. The number of fused-ring (bicyclic) bond motifs is 1. The van der Waals surface area contributed by atoms with Crippen molar-refractivity contribution in [3.05, 3.63) is 16.1 Å². The number of halogens is 1. The molecule has 0 radical (unpaired) electrons. The third-order valence-electron chi connectivity index (χ3n) is 2.11. The van der Waals surface area contributed by atoms with Gasteiger partial charge in [-0.15, -0.1) is 0 Å². The Kier molecular flexibility index (Phi) is 2.54. The molecule has 1 aliphatic rings. The third kappa shape index (κ3) is 1.43. The van der Waals surface area contributed by atoms with E-state index in [-0.39, 0.29) is 0 Å². The van der Waals surface area contributed by atoms with Crippen LogP contribution >= 0.6 is 15.9 Å². The van der Waals surface area contributed by atoms with Crippen LogP contribution in [0.3, 0.4) is 0 Å². The Morgan fingerprint density at radius 2 is 1.93 bits per heavy atom. The van der Waals surface area contributed by atoms with Crippen molar-refractivity contribution in [1.82, 2.24) is 0 Å². The van der Waals surface area contributed by atoms with E-state index >= 15 is 0 Å². The molecule has 0 atom stereocenters. The quantitative estimate of drug-likeness (QED) is 0.775. The fourth-order valence-corrected chi connectivity index (χ4v) is 2.16. The highest BCUT2D eigenvalue weighted by Crippen LogP contribution is 2.46. The Balaban J connectivity index is 2.61. The van der Waals surface area contributed by atoms with E-state index in [0.29, 0.717) is 19.0 Å². The van der Waals surface area contributed by atoms with Gasteiger partial charge in [0, 0.05) is 0 Å². The first-order valence-electron chi connectivity index (χ1n) is 4.36. The molecule has 1 aromatic carbocycles. The number of methoxy groups -OCH3 is 1. The van der Waals surface area contributed by atoms with E-state index in [1.807, 2.05) is 13.0 Å². The van der Waals surface area contributed by atoms with Gasteiger partial charge in [0.25, 0.3) is 0 Å². The Labute approximate surface area is 91.1 Å². The summed E-state index contributed by atoms with van der Waals surface area (Å²) < 4.78 is 17.2. The van der Waals surface area contributed by atoms with Crippen molar-refractivity contribution in [2.75, 3.05) is 20.3 Å². The van der Waals surface area contributed by atoms with Gasteiger partial charge in [-0.25, -0.2) is 0 Å². The van der Waals surface area contributed by atoms with Crippen molar-refractivity contribution in [2.45, 2.75) is 6.92 Å². The van der Waals surface area contributed by atoms with Gasteiger partial charge in [0.15, 0.2) is 11.5 Å². The zero-order valence-electron chi connectivity index (χ0n) is 8.09. The second kappa shape index (κ2) is 3.69. The third-order valence-corrected chi connectivity index (χ3v) is 2.70. The molecule has 3 nitrogen and oxygen atoms in total. The summed E-state index contributed by atoms with van der Waals surface area (Å²) in [7, 11) is 1.63. The molecule has 0 saturated carbocycles. The van der Waals surface area contributed by atoms with Gasteiger partial charge in [0.2, 0.25) is 5.75 Å². The Bertz CT molecular complexity index is 343. The molecule has 0 spiro atoms. The predicted molar refractivity (Wildman–Crippen MR) is 56.4 cm³/mol. The summed E-state index contributed by atoms with van der Waals surface area (Å²) in [5, 5.41) is 0. The summed E-state index contributed by atoms with van der Waals surface area (Å²) in [5.74, 6) is 2.19. The largest absolute Gasteiger partial charge is 0.492 e. The molecule has 0 amide bonds. The summed E-state index contributed by atoms with van der Waals surface area (Å²) in [6.45, 7) is 3.12. The predicted octanol–water partition coefficient (Wildman–Crippen LogP) is 2.54. The van der Waals surface area contributed by atoms with Gasteiger partial charge in [-0.3, -0.25) is 0 Å². The summed E-state index contributed by atoms with van der Waals surface area (Å²) in [6, 6.07) is 1.96. The Hall–Kier alpha value is -0.900. The molecule has 4 heteroatoms. The summed E-state index contributed by atoms with van der Waals surface area (Å²) in [5.41, 5.74) is 1.03. The molecule has 14 heavy (non-hydrogen) atoms. The second-order valence-corrected chi connectivity index (χ2v) is 3.92. The van der Waals surface area contributed by atoms with Crippen LogP contribution in [-0.2, 0) is 0 Å². The molecule has 1 heterocycles. The number of hydrogen-bond donors (Lipinski definition) is 0. The van der Waals surface area contributed by atoms with Gasteiger partial charge >= 0.3 is 0 Å². The maximum absolute atomic E-state index is 5.53. The SMILES string of the molecule is COc1c(C)cc(Br)c2c1OCCO2. The Morgan fingerprint density at radius 3 is 2.57 bits per heavy atom. The lowest BCUT2D eigenvalue weighted by atomic mass is 10.2. The lowest BCUT2D eigenvalue weighted by molar-refractivity contribution is 0.163. The molecule has 2 rings (SSSR count). The lowest BCUT2D eigenvalue weighted by Gasteiger charge is -2.22. The van der Waals surface area contributed by atoms with Crippen LogP contribution in [0.4, 0.5) is 0 Å². The maximum Gasteiger partial charge on any atom is 0.205 e. The van der Waals surface area contributed by atoms with Gasteiger partial charge in [-0.2, -0.15) is 0 Å². The number of aryl methyl sites for hydroxylation is 1. The van der Waals surface area contributed by atoms with Gasteiger partial charge in [-0.05, 0) is 34.5 Å². The van der Waals surface area contributed by atoms with Crippen molar-refractivity contribution < 1.29 is 14.2 Å². The molecule has 1 aliphatic heterocycles. The molecule has 0 unspecified atom stereocenters. The van der Waals surface area contributed by atoms with Crippen LogP contribution in [0.2, 0.25) is 0 Å². The normalized spacial score (nSPS) is 13.9. The molecule has 0 aromatic heterocycles. The minimum atomic E-state index is 0.569. The van der Waals surface area contributed by atoms with E-state index in [9.17, 15) is 0 Å². The summed E-state index contributed by atoms with van der Waals surface area (Å²) in [4.78, 5) is 0. The van der Waals surface area contributed by atoms with Crippen molar-refractivity contribution in [3.8, 4) is 17.2 Å². The average Bonchev–Trinajstić information content (AvgIpc) is 2.18.